The highest BCUT2D eigenvalue weighted by molar-refractivity contribution is 7.92. The van der Waals surface area contributed by atoms with Gasteiger partial charge < -0.3 is 4.74 Å². The zero-order chi connectivity index (χ0) is 18.4. The molecule has 0 bridgehead atoms. The minimum Gasteiger partial charge on any atom is -0.457 e. The van der Waals surface area contributed by atoms with E-state index in [0.29, 0.717) is 11.3 Å². The van der Waals surface area contributed by atoms with Gasteiger partial charge in [-0.2, -0.15) is 0 Å². The van der Waals surface area contributed by atoms with E-state index in [1.54, 1.807) is 0 Å². The molecule has 0 aliphatic heterocycles. The molecule has 132 valence electrons. The normalized spacial score (nSPS) is 11.0. The molecule has 0 radical (unpaired) electrons. The van der Waals surface area contributed by atoms with Crippen LogP contribution in [0.1, 0.15) is 15.9 Å². The summed E-state index contributed by atoms with van der Waals surface area (Å²) in [6, 6.07) is 11.1. The Morgan fingerprint density at radius 3 is 2.20 bits per heavy atom. The van der Waals surface area contributed by atoms with Crippen LogP contribution in [0.2, 0.25) is 0 Å². The van der Waals surface area contributed by atoms with E-state index in [4.69, 9.17) is 4.74 Å². The summed E-state index contributed by atoms with van der Waals surface area (Å²) in [6.07, 6.45) is 0.956. The van der Waals surface area contributed by atoms with Gasteiger partial charge in [0.1, 0.15) is 5.82 Å². The first kappa shape index (κ1) is 18.6. The molecule has 0 saturated carbocycles. The number of carbonyl (C=O) groups excluding carboxylic acids is 2. The number of ether oxygens (including phenoxy) is 1. The van der Waals surface area contributed by atoms with Crippen LogP contribution in [0.15, 0.2) is 48.5 Å². The van der Waals surface area contributed by atoms with Gasteiger partial charge in [0.2, 0.25) is 10.0 Å². The minimum absolute atomic E-state index is 0.0647. The number of benzene rings is 2. The number of nitrogens with one attached hydrogen (secondary N) is 1. The molecule has 6 nitrogen and oxygen atoms in total. The van der Waals surface area contributed by atoms with Crippen molar-refractivity contribution in [1.82, 2.24) is 0 Å². The molecular weight excluding hydrogens is 349 g/mol. The monoisotopic (exact) mass is 365 g/mol. The lowest BCUT2D eigenvalue weighted by Gasteiger charge is -2.06. The molecule has 0 unspecified atom stereocenters. The zero-order valence-electron chi connectivity index (χ0n) is 13.4. The van der Waals surface area contributed by atoms with Crippen molar-refractivity contribution in [2.45, 2.75) is 6.42 Å². The first-order valence-electron chi connectivity index (χ1n) is 7.24. The number of ketones is 1. The standard InChI is InChI=1S/C17H16FNO5S/c1-25(22,23)19-15-8-4-13(5-9-15)16(20)11-24-17(21)10-12-2-6-14(18)7-3-12/h2-9,19H,10-11H2,1H3. The Hall–Kier alpha value is -2.74. The highest BCUT2D eigenvalue weighted by Crippen LogP contribution is 2.12. The molecule has 0 fully saturated rings. The van der Waals surface area contributed by atoms with Gasteiger partial charge in [-0.25, -0.2) is 12.8 Å². The van der Waals surface area contributed by atoms with Gasteiger partial charge in [0.15, 0.2) is 12.4 Å². The molecule has 0 amide bonds. The summed E-state index contributed by atoms with van der Waals surface area (Å²) in [4.78, 5) is 23.7. The lowest BCUT2D eigenvalue weighted by Crippen LogP contribution is -2.16. The SMILES string of the molecule is CS(=O)(=O)Nc1ccc(C(=O)COC(=O)Cc2ccc(F)cc2)cc1. The Labute approximate surface area is 144 Å². The molecule has 1 N–H and O–H groups in total. The molecule has 0 atom stereocenters. The maximum absolute atomic E-state index is 12.8. The number of hydrogen-bond donors (Lipinski definition) is 1. The van der Waals surface area contributed by atoms with Crippen LogP contribution >= 0.6 is 0 Å². The van der Waals surface area contributed by atoms with Gasteiger partial charge >= 0.3 is 5.97 Å². The number of anilines is 1. The van der Waals surface area contributed by atoms with Crippen molar-refractivity contribution in [3.05, 3.63) is 65.5 Å². The van der Waals surface area contributed by atoms with Crippen LogP contribution in [0.4, 0.5) is 10.1 Å². The first-order chi connectivity index (χ1) is 11.7. The lowest BCUT2D eigenvalue weighted by atomic mass is 10.1. The molecule has 0 aliphatic rings. The van der Waals surface area contributed by atoms with Crippen LogP contribution in [0.3, 0.4) is 0 Å². The van der Waals surface area contributed by atoms with Crippen LogP contribution in [0.5, 0.6) is 0 Å². The highest BCUT2D eigenvalue weighted by atomic mass is 32.2. The fourth-order valence-electron chi connectivity index (χ4n) is 1.99. The number of sulfonamides is 1. The van der Waals surface area contributed by atoms with Crippen molar-refractivity contribution in [1.29, 1.82) is 0 Å². The van der Waals surface area contributed by atoms with Crippen molar-refractivity contribution in [2.75, 3.05) is 17.6 Å². The van der Waals surface area contributed by atoms with Gasteiger partial charge in [-0.3, -0.25) is 14.3 Å². The first-order valence-corrected chi connectivity index (χ1v) is 9.13. The molecule has 8 heteroatoms. The summed E-state index contributed by atoms with van der Waals surface area (Å²) in [7, 11) is -3.39. The zero-order valence-corrected chi connectivity index (χ0v) is 14.2. The third-order valence-corrected chi connectivity index (χ3v) is 3.74. The quantitative estimate of drug-likeness (QED) is 0.600. The topological polar surface area (TPSA) is 89.5 Å². The number of rotatable bonds is 7. The number of carbonyl (C=O) groups is 2. The third kappa shape index (κ3) is 6.34. The van der Waals surface area contributed by atoms with Crippen molar-refractivity contribution in [3.8, 4) is 0 Å². The van der Waals surface area contributed by atoms with E-state index in [0.717, 1.165) is 6.26 Å². The fourth-order valence-corrected chi connectivity index (χ4v) is 2.55. The smallest absolute Gasteiger partial charge is 0.310 e. The molecule has 2 rings (SSSR count). The Balaban J connectivity index is 1.87. The third-order valence-electron chi connectivity index (χ3n) is 3.14. The minimum atomic E-state index is -3.39. The second kappa shape index (κ2) is 7.89. The van der Waals surface area contributed by atoms with E-state index in [1.807, 2.05) is 0 Å². The lowest BCUT2D eigenvalue weighted by molar-refractivity contribution is -0.141. The van der Waals surface area contributed by atoms with Crippen molar-refractivity contribution in [2.24, 2.45) is 0 Å². The van der Waals surface area contributed by atoms with Crippen LogP contribution in [0.25, 0.3) is 0 Å². The summed E-state index contributed by atoms with van der Waals surface area (Å²) >= 11 is 0. The van der Waals surface area contributed by atoms with Gasteiger partial charge in [0.25, 0.3) is 0 Å². The Morgan fingerprint density at radius 2 is 1.64 bits per heavy atom. The van der Waals surface area contributed by atoms with E-state index in [-0.39, 0.29) is 12.0 Å². The summed E-state index contributed by atoms with van der Waals surface area (Å²) in [5.41, 5.74) is 1.19. The molecule has 0 spiro atoms. The second-order valence-electron chi connectivity index (χ2n) is 5.34. The molecule has 2 aromatic rings. The number of hydrogen-bond acceptors (Lipinski definition) is 5. The van der Waals surface area contributed by atoms with Crippen molar-refractivity contribution in [3.63, 3.8) is 0 Å². The molecular formula is C17H16FNO5S. The molecule has 0 aromatic heterocycles. The summed E-state index contributed by atoms with van der Waals surface area (Å²) in [5.74, 6) is -1.42. The van der Waals surface area contributed by atoms with E-state index in [1.165, 1.54) is 48.5 Å². The Morgan fingerprint density at radius 1 is 1.04 bits per heavy atom. The fraction of sp³-hybridized carbons (Fsp3) is 0.176. The van der Waals surface area contributed by atoms with E-state index in [2.05, 4.69) is 4.72 Å². The Kier molecular flexibility index (Phi) is 5.87. The molecule has 0 aliphatic carbocycles. The van der Waals surface area contributed by atoms with Gasteiger partial charge in [-0.1, -0.05) is 12.1 Å². The van der Waals surface area contributed by atoms with Crippen molar-refractivity contribution < 1.29 is 27.1 Å². The van der Waals surface area contributed by atoms with Crippen molar-refractivity contribution >= 4 is 27.5 Å². The van der Waals surface area contributed by atoms with Gasteiger partial charge in [0, 0.05) is 11.3 Å². The second-order valence-corrected chi connectivity index (χ2v) is 7.09. The summed E-state index contributed by atoms with van der Waals surface area (Å²) in [6.45, 7) is -0.432. The van der Waals surface area contributed by atoms with E-state index < -0.39 is 34.2 Å². The van der Waals surface area contributed by atoms with Gasteiger partial charge in [0.05, 0.1) is 12.7 Å². The average Bonchev–Trinajstić information content (AvgIpc) is 2.54. The number of halogens is 1. The predicted octanol–water partition coefficient (Wildman–Crippen LogP) is 2.17. The van der Waals surface area contributed by atoms with Gasteiger partial charge in [-0.15, -0.1) is 0 Å². The average molecular weight is 365 g/mol. The van der Waals surface area contributed by atoms with Gasteiger partial charge in [-0.05, 0) is 42.0 Å². The Bertz CT molecular complexity index is 861. The van der Waals surface area contributed by atoms with Crippen LogP contribution in [0, 0.1) is 5.82 Å². The van der Waals surface area contributed by atoms with Crippen LogP contribution < -0.4 is 4.72 Å². The molecule has 2 aromatic carbocycles. The van der Waals surface area contributed by atoms with Crippen LogP contribution in [-0.2, 0) is 26.0 Å². The number of esters is 1. The molecule has 25 heavy (non-hydrogen) atoms. The molecule has 0 saturated heterocycles. The predicted molar refractivity (Wildman–Crippen MR) is 90.3 cm³/mol. The summed E-state index contributed by atoms with van der Waals surface area (Å²) in [5, 5.41) is 0. The maximum Gasteiger partial charge on any atom is 0.310 e. The van der Waals surface area contributed by atoms with E-state index >= 15 is 0 Å². The molecule has 0 heterocycles. The number of Topliss-reactive ketones (excluding diaryl/α,β-unsaturated/α-hetero) is 1. The largest absolute Gasteiger partial charge is 0.457 e. The van der Waals surface area contributed by atoms with E-state index in [9.17, 15) is 22.4 Å². The van der Waals surface area contributed by atoms with Crippen LogP contribution in [-0.4, -0.2) is 33.0 Å². The maximum atomic E-state index is 12.8. The highest BCUT2D eigenvalue weighted by Gasteiger charge is 2.11. The summed E-state index contributed by atoms with van der Waals surface area (Å²) < 4.78 is 42.2.